The minimum absolute atomic E-state index is 0.565. The van der Waals surface area contributed by atoms with Crippen LogP contribution in [0.2, 0.25) is 0 Å². The fourth-order valence-electron chi connectivity index (χ4n) is 2.66. The first-order valence-electron chi connectivity index (χ1n) is 6.42. The van der Waals surface area contributed by atoms with Gasteiger partial charge in [-0.2, -0.15) is 0 Å². The summed E-state index contributed by atoms with van der Waals surface area (Å²) < 4.78 is 0. The molecule has 0 nitrogen and oxygen atoms in total. The van der Waals surface area contributed by atoms with Gasteiger partial charge in [-0.1, -0.05) is 24.6 Å². The van der Waals surface area contributed by atoms with Crippen molar-refractivity contribution in [1.29, 1.82) is 0 Å². The van der Waals surface area contributed by atoms with Gasteiger partial charge in [0.05, 0.1) is 0 Å². The van der Waals surface area contributed by atoms with Gasteiger partial charge >= 0.3 is 0 Å². The van der Waals surface area contributed by atoms with Crippen molar-refractivity contribution >= 4 is 0 Å². The summed E-state index contributed by atoms with van der Waals surface area (Å²) in [7, 11) is 0. The molecule has 0 aliphatic heterocycles. The Kier molecular flexibility index (Phi) is 5.35. The molecule has 1 saturated carbocycles. The van der Waals surface area contributed by atoms with E-state index in [4.69, 9.17) is 0 Å². The van der Waals surface area contributed by atoms with Crippen molar-refractivity contribution in [3.05, 3.63) is 41.7 Å². The summed E-state index contributed by atoms with van der Waals surface area (Å²) in [5.74, 6) is 1.26. The summed E-state index contributed by atoms with van der Waals surface area (Å²) in [5.41, 5.74) is 6.43. The van der Waals surface area contributed by atoms with E-state index in [1.54, 1.807) is 0 Å². The fraction of sp³-hybridized carbons (Fsp3) is 0.562. The molecule has 0 spiro atoms. The van der Waals surface area contributed by atoms with E-state index >= 15 is 0 Å². The second-order valence-corrected chi connectivity index (χ2v) is 4.67. The largest absolute Gasteiger partial charge is 0.125 e. The maximum absolute atomic E-state index is 3.94. The number of hydrogen-bond acceptors (Lipinski definition) is 0. The molecule has 0 N–H and O–H groups in total. The Hall–Kier alpha value is -1.00. The lowest BCUT2D eigenvalue weighted by Crippen LogP contribution is -2.00. The van der Waals surface area contributed by atoms with Crippen LogP contribution in [-0.2, 0) is 0 Å². The molecule has 2 unspecified atom stereocenters. The minimum Gasteiger partial charge on any atom is -0.125 e. The molecule has 1 fully saturated rings. The Bertz CT molecular complexity index is 324. The average molecular weight is 216 g/mol. The quantitative estimate of drug-likeness (QED) is 0.456. The molecule has 0 heteroatoms. The molecule has 1 aliphatic rings. The zero-order valence-electron chi connectivity index (χ0n) is 10.9. The zero-order valence-corrected chi connectivity index (χ0v) is 10.9. The third kappa shape index (κ3) is 3.25. The molecule has 0 bridgehead atoms. The zero-order chi connectivity index (χ0) is 12.0. The van der Waals surface area contributed by atoms with Crippen LogP contribution in [0, 0.1) is 11.8 Å². The SMILES string of the molecule is C=CC1CCC(CC(C)=CCC)C1=C=CC. The van der Waals surface area contributed by atoms with Crippen molar-refractivity contribution in [2.45, 2.75) is 46.5 Å². The van der Waals surface area contributed by atoms with E-state index < -0.39 is 0 Å². The molecular weight excluding hydrogens is 192 g/mol. The van der Waals surface area contributed by atoms with Gasteiger partial charge in [-0.15, -0.1) is 12.3 Å². The third-order valence-electron chi connectivity index (χ3n) is 3.38. The molecule has 0 radical (unpaired) electrons. The first-order valence-corrected chi connectivity index (χ1v) is 6.42. The van der Waals surface area contributed by atoms with E-state index in [9.17, 15) is 0 Å². The molecule has 1 rings (SSSR count). The van der Waals surface area contributed by atoms with E-state index in [2.05, 4.69) is 45.2 Å². The van der Waals surface area contributed by atoms with Crippen molar-refractivity contribution in [2.24, 2.45) is 11.8 Å². The van der Waals surface area contributed by atoms with Crippen LogP contribution in [0.5, 0.6) is 0 Å². The average Bonchev–Trinajstić information content (AvgIpc) is 2.62. The first kappa shape index (κ1) is 13.1. The van der Waals surface area contributed by atoms with Gasteiger partial charge in [-0.05, 0) is 57.1 Å². The Morgan fingerprint density at radius 3 is 2.81 bits per heavy atom. The highest BCUT2D eigenvalue weighted by Crippen LogP contribution is 2.39. The lowest BCUT2D eigenvalue weighted by Gasteiger charge is -2.12. The molecular formula is C16H24. The van der Waals surface area contributed by atoms with Gasteiger partial charge in [0.25, 0.3) is 0 Å². The molecule has 0 aromatic rings. The van der Waals surface area contributed by atoms with Gasteiger partial charge in [-0.3, -0.25) is 0 Å². The summed E-state index contributed by atoms with van der Waals surface area (Å²) in [6.07, 6.45) is 11.4. The standard InChI is InChI=1S/C16H24/c1-5-8-13(4)12-15-11-10-14(7-3)16(15)9-6-2/h6-8,14-15H,3,5,10-12H2,1-2,4H3. The van der Waals surface area contributed by atoms with Crippen LogP contribution in [0.25, 0.3) is 0 Å². The normalized spacial score (nSPS) is 25.4. The highest BCUT2D eigenvalue weighted by Gasteiger charge is 2.27. The van der Waals surface area contributed by atoms with Crippen LogP contribution in [-0.4, -0.2) is 0 Å². The van der Waals surface area contributed by atoms with Crippen molar-refractivity contribution in [3.8, 4) is 0 Å². The van der Waals surface area contributed by atoms with Crippen molar-refractivity contribution in [2.75, 3.05) is 0 Å². The molecule has 0 heterocycles. The molecule has 0 aromatic carbocycles. The van der Waals surface area contributed by atoms with Gasteiger partial charge in [0, 0.05) is 5.92 Å². The van der Waals surface area contributed by atoms with Crippen LogP contribution in [0.15, 0.2) is 41.7 Å². The van der Waals surface area contributed by atoms with Gasteiger partial charge in [-0.25, -0.2) is 0 Å². The second kappa shape index (κ2) is 6.55. The number of hydrogen-bond donors (Lipinski definition) is 0. The maximum Gasteiger partial charge on any atom is 0.00531 e. The molecule has 0 amide bonds. The molecule has 16 heavy (non-hydrogen) atoms. The Balaban J connectivity index is 2.78. The monoisotopic (exact) mass is 216 g/mol. The molecule has 0 aromatic heterocycles. The van der Waals surface area contributed by atoms with Gasteiger partial charge in [0.1, 0.15) is 0 Å². The summed E-state index contributed by atoms with van der Waals surface area (Å²) >= 11 is 0. The van der Waals surface area contributed by atoms with E-state index in [1.807, 2.05) is 6.08 Å². The maximum atomic E-state index is 3.94. The highest BCUT2D eigenvalue weighted by molar-refractivity contribution is 5.22. The van der Waals surface area contributed by atoms with Crippen molar-refractivity contribution < 1.29 is 0 Å². The minimum atomic E-state index is 0.565. The van der Waals surface area contributed by atoms with E-state index in [-0.39, 0.29) is 0 Å². The molecule has 2 atom stereocenters. The smallest absolute Gasteiger partial charge is 0.00531 e. The van der Waals surface area contributed by atoms with Crippen molar-refractivity contribution in [3.63, 3.8) is 0 Å². The van der Waals surface area contributed by atoms with E-state index in [1.165, 1.54) is 30.4 Å². The molecule has 1 aliphatic carbocycles. The highest BCUT2D eigenvalue weighted by atomic mass is 14.3. The third-order valence-corrected chi connectivity index (χ3v) is 3.38. The van der Waals surface area contributed by atoms with Gasteiger partial charge < -0.3 is 0 Å². The number of allylic oxidation sites excluding steroid dienone is 4. The Labute approximate surface area is 100 Å². The van der Waals surface area contributed by atoms with Crippen LogP contribution < -0.4 is 0 Å². The number of rotatable bonds is 4. The second-order valence-electron chi connectivity index (χ2n) is 4.67. The lowest BCUT2D eigenvalue weighted by atomic mass is 9.92. The van der Waals surface area contributed by atoms with Gasteiger partial charge in [0.15, 0.2) is 0 Å². The predicted octanol–water partition coefficient (Wildman–Crippen LogP) is 5.05. The lowest BCUT2D eigenvalue weighted by molar-refractivity contribution is 0.619. The summed E-state index contributed by atoms with van der Waals surface area (Å²) in [5, 5.41) is 0. The van der Waals surface area contributed by atoms with Crippen LogP contribution in [0.1, 0.15) is 46.5 Å². The molecule has 0 saturated heterocycles. The fourth-order valence-corrected chi connectivity index (χ4v) is 2.66. The van der Waals surface area contributed by atoms with Crippen LogP contribution in [0.4, 0.5) is 0 Å². The van der Waals surface area contributed by atoms with Crippen LogP contribution >= 0.6 is 0 Å². The Morgan fingerprint density at radius 1 is 1.50 bits per heavy atom. The summed E-state index contributed by atoms with van der Waals surface area (Å²) in [4.78, 5) is 0. The molecule has 88 valence electrons. The predicted molar refractivity (Wildman–Crippen MR) is 72.3 cm³/mol. The van der Waals surface area contributed by atoms with Gasteiger partial charge in [0.2, 0.25) is 0 Å². The summed E-state index contributed by atoms with van der Waals surface area (Å²) in [6.45, 7) is 10.4. The van der Waals surface area contributed by atoms with E-state index in [0.717, 1.165) is 6.42 Å². The summed E-state index contributed by atoms with van der Waals surface area (Å²) in [6, 6.07) is 0. The van der Waals surface area contributed by atoms with E-state index in [0.29, 0.717) is 11.8 Å². The Morgan fingerprint density at radius 2 is 2.25 bits per heavy atom. The topological polar surface area (TPSA) is 0 Å². The first-order chi connectivity index (χ1) is 7.72. The van der Waals surface area contributed by atoms with Crippen LogP contribution in [0.3, 0.4) is 0 Å². The van der Waals surface area contributed by atoms with Crippen molar-refractivity contribution in [1.82, 2.24) is 0 Å².